The smallest absolute Gasteiger partial charge is 0.324 e. The van der Waals surface area contributed by atoms with E-state index in [0.29, 0.717) is 13.0 Å². The number of carbonyl (C=O) groups excluding carboxylic acids is 1. The van der Waals surface area contributed by atoms with E-state index in [2.05, 4.69) is 0 Å². The summed E-state index contributed by atoms with van der Waals surface area (Å²) in [6.45, 7) is 0.347. The lowest BCUT2D eigenvalue weighted by Crippen LogP contribution is -2.41. The van der Waals surface area contributed by atoms with Gasteiger partial charge in [0.15, 0.2) is 0 Å². The molecule has 2 saturated heterocycles. The number of sulfonamides is 1. The minimum Gasteiger partial charge on any atom is -0.468 e. The molecule has 0 unspecified atom stereocenters. The third-order valence-electron chi connectivity index (χ3n) is 3.89. The van der Waals surface area contributed by atoms with Crippen LogP contribution in [0.2, 0.25) is 0 Å². The van der Waals surface area contributed by atoms with Crippen LogP contribution in [0.3, 0.4) is 0 Å². The standard InChI is InChI=1S/C14H17NO4S3/c1-19-13(16)12-9-14(20-7-8-21-14)10-15(12)22(17,18)11-5-3-2-4-6-11/h2-6,12H,7-10H2,1H3/t12-/m0/s1. The first-order valence-electron chi connectivity index (χ1n) is 6.91. The van der Waals surface area contributed by atoms with Gasteiger partial charge in [-0.3, -0.25) is 4.79 Å². The number of nitrogens with zero attached hydrogens (tertiary/aromatic N) is 1. The molecule has 1 aromatic rings. The van der Waals surface area contributed by atoms with Crippen molar-refractivity contribution in [2.45, 2.75) is 21.4 Å². The zero-order chi connectivity index (χ0) is 15.8. The van der Waals surface area contributed by atoms with Crippen LogP contribution >= 0.6 is 23.5 Å². The Morgan fingerprint density at radius 3 is 2.50 bits per heavy atom. The van der Waals surface area contributed by atoms with E-state index in [0.717, 1.165) is 11.5 Å². The molecule has 5 nitrogen and oxygen atoms in total. The number of carbonyl (C=O) groups is 1. The van der Waals surface area contributed by atoms with Crippen molar-refractivity contribution in [3.63, 3.8) is 0 Å². The van der Waals surface area contributed by atoms with Crippen LogP contribution in [0, 0.1) is 0 Å². The van der Waals surface area contributed by atoms with Crippen LogP contribution in [-0.4, -0.2) is 54.0 Å². The van der Waals surface area contributed by atoms with Crippen molar-refractivity contribution in [1.29, 1.82) is 0 Å². The van der Waals surface area contributed by atoms with Crippen LogP contribution < -0.4 is 0 Å². The van der Waals surface area contributed by atoms with Gasteiger partial charge in [0.1, 0.15) is 6.04 Å². The second-order valence-electron chi connectivity index (χ2n) is 5.21. The van der Waals surface area contributed by atoms with Crippen molar-refractivity contribution in [2.24, 2.45) is 0 Å². The fourth-order valence-corrected chi connectivity index (χ4v) is 7.91. The summed E-state index contributed by atoms with van der Waals surface area (Å²) in [5.41, 5.74) is 0. The van der Waals surface area contributed by atoms with Crippen LogP contribution in [0.15, 0.2) is 35.2 Å². The van der Waals surface area contributed by atoms with Gasteiger partial charge in [-0.15, -0.1) is 23.5 Å². The summed E-state index contributed by atoms with van der Waals surface area (Å²) in [6.07, 6.45) is 0.501. The molecule has 0 saturated carbocycles. The summed E-state index contributed by atoms with van der Waals surface area (Å²) in [5, 5.41) is 0. The first-order chi connectivity index (χ1) is 10.5. The van der Waals surface area contributed by atoms with Gasteiger partial charge in [-0.25, -0.2) is 8.42 Å². The van der Waals surface area contributed by atoms with Gasteiger partial charge in [-0.2, -0.15) is 4.31 Å². The van der Waals surface area contributed by atoms with E-state index in [4.69, 9.17) is 4.74 Å². The SMILES string of the molecule is COC(=O)[C@@H]1CC2(CN1S(=O)(=O)c1ccccc1)SCCS2. The Morgan fingerprint density at radius 2 is 1.91 bits per heavy atom. The predicted molar refractivity (Wildman–Crippen MR) is 88.4 cm³/mol. The number of ether oxygens (including phenoxy) is 1. The molecule has 8 heteroatoms. The number of hydrogen-bond acceptors (Lipinski definition) is 6. The molecule has 0 N–H and O–H groups in total. The second-order valence-corrected chi connectivity index (χ2v) is 10.3. The van der Waals surface area contributed by atoms with Crippen LogP contribution in [0.1, 0.15) is 6.42 Å². The molecule has 2 aliphatic heterocycles. The maximum Gasteiger partial charge on any atom is 0.324 e. The Morgan fingerprint density at radius 1 is 1.27 bits per heavy atom. The van der Waals surface area contributed by atoms with Crippen LogP contribution in [-0.2, 0) is 19.6 Å². The Labute approximate surface area is 138 Å². The van der Waals surface area contributed by atoms with E-state index in [9.17, 15) is 13.2 Å². The molecule has 0 aliphatic carbocycles. The molecule has 1 atom stereocenters. The van der Waals surface area contributed by atoms with E-state index in [1.807, 2.05) is 0 Å². The lowest BCUT2D eigenvalue weighted by Gasteiger charge is -2.23. The lowest BCUT2D eigenvalue weighted by atomic mass is 10.2. The minimum atomic E-state index is -3.70. The Bertz CT molecular complexity index is 656. The van der Waals surface area contributed by atoms with Crippen molar-refractivity contribution in [1.82, 2.24) is 4.31 Å². The molecule has 2 heterocycles. The molecule has 2 aliphatic rings. The maximum absolute atomic E-state index is 12.9. The Hall–Kier alpha value is -0.700. The molecule has 1 aromatic carbocycles. The summed E-state index contributed by atoms with van der Waals surface area (Å²) in [7, 11) is -2.40. The van der Waals surface area contributed by atoms with E-state index in [1.54, 1.807) is 53.9 Å². The monoisotopic (exact) mass is 359 g/mol. The van der Waals surface area contributed by atoms with Crippen molar-refractivity contribution >= 4 is 39.5 Å². The highest BCUT2D eigenvalue weighted by atomic mass is 32.2. The van der Waals surface area contributed by atoms with Gasteiger partial charge in [0, 0.05) is 18.1 Å². The number of hydrogen-bond donors (Lipinski definition) is 0. The molecular formula is C14H17NO4S3. The van der Waals surface area contributed by atoms with Crippen molar-refractivity contribution in [2.75, 3.05) is 25.2 Å². The predicted octanol–water partition coefficient (Wildman–Crippen LogP) is 1.80. The van der Waals surface area contributed by atoms with E-state index in [1.165, 1.54) is 11.4 Å². The zero-order valence-corrected chi connectivity index (χ0v) is 14.5. The first kappa shape index (κ1) is 16.2. The molecule has 3 rings (SSSR count). The van der Waals surface area contributed by atoms with E-state index >= 15 is 0 Å². The number of benzene rings is 1. The van der Waals surface area contributed by atoms with Crippen molar-refractivity contribution in [3.05, 3.63) is 30.3 Å². The normalized spacial score (nSPS) is 24.7. The summed E-state index contributed by atoms with van der Waals surface area (Å²) in [5.74, 6) is 1.49. The van der Waals surface area contributed by atoms with Gasteiger partial charge >= 0.3 is 5.97 Å². The van der Waals surface area contributed by atoms with Crippen molar-refractivity contribution in [3.8, 4) is 0 Å². The molecule has 1 spiro atoms. The van der Waals surface area contributed by atoms with Crippen molar-refractivity contribution < 1.29 is 17.9 Å². The van der Waals surface area contributed by atoms with E-state index < -0.39 is 22.0 Å². The fraction of sp³-hybridized carbons (Fsp3) is 0.500. The summed E-state index contributed by atoms with van der Waals surface area (Å²) in [4.78, 5) is 12.3. The lowest BCUT2D eigenvalue weighted by molar-refractivity contribution is -0.144. The van der Waals surface area contributed by atoms with Gasteiger partial charge < -0.3 is 4.74 Å². The molecular weight excluding hydrogens is 342 g/mol. The highest BCUT2D eigenvalue weighted by Gasteiger charge is 2.54. The van der Waals surface area contributed by atoms with Gasteiger partial charge in [-0.1, -0.05) is 18.2 Å². The van der Waals surface area contributed by atoms with Gasteiger partial charge in [-0.05, 0) is 18.6 Å². The average Bonchev–Trinajstić information content (AvgIpc) is 3.15. The summed E-state index contributed by atoms with van der Waals surface area (Å²) >= 11 is 3.50. The Kier molecular flexibility index (Phi) is 4.46. The third-order valence-corrected chi connectivity index (χ3v) is 9.18. The van der Waals surface area contributed by atoms with Crippen LogP contribution in [0.4, 0.5) is 0 Å². The highest BCUT2D eigenvalue weighted by Crippen LogP contribution is 2.52. The molecule has 0 bridgehead atoms. The van der Waals surface area contributed by atoms with Gasteiger partial charge in [0.25, 0.3) is 0 Å². The number of methoxy groups -OCH3 is 1. The minimum absolute atomic E-state index is 0.217. The molecule has 0 radical (unpaired) electrons. The first-order valence-corrected chi connectivity index (χ1v) is 10.3. The average molecular weight is 359 g/mol. The highest BCUT2D eigenvalue weighted by molar-refractivity contribution is 8.21. The zero-order valence-electron chi connectivity index (χ0n) is 12.1. The summed E-state index contributed by atoms with van der Waals surface area (Å²) < 4.78 is 31.7. The van der Waals surface area contributed by atoms with Gasteiger partial charge in [0.2, 0.25) is 10.0 Å². The molecule has 0 aromatic heterocycles. The largest absolute Gasteiger partial charge is 0.468 e. The topological polar surface area (TPSA) is 63.7 Å². The van der Waals surface area contributed by atoms with Crippen LogP contribution in [0.25, 0.3) is 0 Å². The summed E-state index contributed by atoms with van der Waals surface area (Å²) in [6, 6.07) is 7.52. The third kappa shape index (κ3) is 2.77. The number of thioether (sulfide) groups is 2. The maximum atomic E-state index is 12.9. The second kappa shape index (κ2) is 6.07. The van der Waals surface area contributed by atoms with Gasteiger partial charge in [0.05, 0.1) is 16.1 Å². The van der Waals surface area contributed by atoms with E-state index in [-0.39, 0.29) is 8.97 Å². The number of rotatable bonds is 3. The number of esters is 1. The molecule has 0 amide bonds. The Balaban J connectivity index is 1.97. The molecule has 2 fully saturated rings. The molecule has 120 valence electrons. The van der Waals surface area contributed by atoms with Crippen LogP contribution in [0.5, 0.6) is 0 Å². The quantitative estimate of drug-likeness (QED) is 0.767. The molecule has 22 heavy (non-hydrogen) atoms. The fourth-order valence-electron chi connectivity index (χ4n) is 2.83.